The smallest absolute Gasteiger partial charge is 0.147 e. The van der Waals surface area contributed by atoms with Gasteiger partial charge in [-0.3, -0.25) is 8.80 Å². The Kier molecular flexibility index (Phi) is 6.12. The third-order valence-corrected chi connectivity index (χ3v) is 9.87. The van der Waals surface area contributed by atoms with Gasteiger partial charge in [0.2, 0.25) is 0 Å². The SMILES string of the molecule is Cc1cc(C)c(-c2cn3c4ccccc4c4ccc(Oc5ccc6c7cccnc7n7cc(-c8ccccc8)nc7c6c5)cc4c3n2)c(C)c1. The van der Waals surface area contributed by atoms with E-state index in [1.807, 2.05) is 36.5 Å². The van der Waals surface area contributed by atoms with Gasteiger partial charge in [0.25, 0.3) is 0 Å². The summed E-state index contributed by atoms with van der Waals surface area (Å²) in [6, 6.07) is 39.9. The highest BCUT2D eigenvalue weighted by Gasteiger charge is 2.18. The summed E-state index contributed by atoms with van der Waals surface area (Å²) in [5.41, 5.74) is 11.6. The molecule has 0 fully saturated rings. The molecule has 0 amide bonds. The highest BCUT2D eigenvalue weighted by molar-refractivity contribution is 6.13. The molecule has 6 heteroatoms. The number of nitrogens with zero attached hydrogens (tertiary/aromatic N) is 5. The van der Waals surface area contributed by atoms with E-state index >= 15 is 0 Å². The van der Waals surface area contributed by atoms with Crippen molar-refractivity contribution in [2.24, 2.45) is 0 Å². The van der Waals surface area contributed by atoms with Crippen LogP contribution in [-0.2, 0) is 0 Å². The molecule has 0 aliphatic heterocycles. The van der Waals surface area contributed by atoms with Gasteiger partial charge in [-0.2, -0.15) is 0 Å². The Balaban J connectivity index is 1.14. The minimum absolute atomic E-state index is 0.734. The van der Waals surface area contributed by atoms with E-state index in [9.17, 15) is 0 Å². The van der Waals surface area contributed by atoms with Gasteiger partial charge in [0.15, 0.2) is 0 Å². The molecule has 0 aliphatic carbocycles. The second-order valence-electron chi connectivity index (χ2n) is 13.2. The van der Waals surface area contributed by atoms with Gasteiger partial charge in [-0.25, -0.2) is 15.0 Å². The van der Waals surface area contributed by atoms with Crippen LogP contribution in [0.3, 0.4) is 0 Å². The van der Waals surface area contributed by atoms with E-state index in [0.29, 0.717) is 0 Å². The number of fused-ring (bicyclic) bond motifs is 12. The second kappa shape index (κ2) is 10.7. The number of aromatic nitrogens is 5. The molecule has 0 radical (unpaired) electrons. The average molecular weight is 646 g/mol. The van der Waals surface area contributed by atoms with E-state index in [0.717, 1.165) is 77.8 Å². The number of rotatable bonds is 4. The van der Waals surface area contributed by atoms with Crippen molar-refractivity contribution in [1.82, 2.24) is 23.8 Å². The maximum atomic E-state index is 6.66. The van der Waals surface area contributed by atoms with Gasteiger partial charge in [0.1, 0.15) is 28.4 Å². The number of hydrogen-bond donors (Lipinski definition) is 0. The van der Waals surface area contributed by atoms with E-state index in [2.05, 4.69) is 127 Å². The predicted octanol–water partition coefficient (Wildman–Crippen LogP) is 11.0. The van der Waals surface area contributed by atoms with Crippen LogP contribution in [0.5, 0.6) is 11.5 Å². The van der Waals surface area contributed by atoms with Crippen LogP contribution in [0.2, 0.25) is 0 Å². The van der Waals surface area contributed by atoms with Crippen LogP contribution in [0, 0.1) is 20.8 Å². The third-order valence-electron chi connectivity index (χ3n) is 9.87. The summed E-state index contributed by atoms with van der Waals surface area (Å²) in [6.45, 7) is 6.49. The number of benzene rings is 5. The molecule has 5 heterocycles. The normalized spacial score (nSPS) is 11.9. The first-order valence-electron chi connectivity index (χ1n) is 16.8. The highest BCUT2D eigenvalue weighted by Crippen LogP contribution is 2.38. The summed E-state index contributed by atoms with van der Waals surface area (Å²) in [7, 11) is 0. The molecule has 0 N–H and O–H groups in total. The van der Waals surface area contributed by atoms with E-state index in [1.54, 1.807) is 0 Å². The van der Waals surface area contributed by atoms with Crippen LogP contribution in [0.1, 0.15) is 16.7 Å². The van der Waals surface area contributed by atoms with Crippen LogP contribution >= 0.6 is 0 Å². The lowest BCUT2D eigenvalue weighted by molar-refractivity contribution is 0.484. The van der Waals surface area contributed by atoms with E-state index in [4.69, 9.17) is 19.7 Å². The molecular weight excluding hydrogens is 615 g/mol. The zero-order chi connectivity index (χ0) is 33.5. The fourth-order valence-electron chi connectivity index (χ4n) is 7.80. The van der Waals surface area contributed by atoms with E-state index in [1.165, 1.54) is 27.6 Å². The van der Waals surface area contributed by atoms with Crippen molar-refractivity contribution in [1.29, 1.82) is 0 Å². The molecule has 0 spiro atoms. The summed E-state index contributed by atoms with van der Waals surface area (Å²) < 4.78 is 11.0. The first-order valence-corrected chi connectivity index (χ1v) is 16.8. The van der Waals surface area contributed by atoms with Crippen LogP contribution in [-0.4, -0.2) is 23.8 Å². The Labute approximate surface area is 287 Å². The Hall–Kier alpha value is -6.53. The quantitative estimate of drug-likeness (QED) is 0.179. The van der Waals surface area contributed by atoms with Gasteiger partial charge in [0.05, 0.1) is 16.9 Å². The molecule has 5 aromatic heterocycles. The molecule has 0 aliphatic rings. The third kappa shape index (κ3) is 4.31. The van der Waals surface area contributed by atoms with Crippen molar-refractivity contribution >= 4 is 54.8 Å². The fraction of sp³-hybridized carbons (Fsp3) is 0.0682. The summed E-state index contributed by atoms with van der Waals surface area (Å²) in [4.78, 5) is 15.1. The zero-order valence-corrected chi connectivity index (χ0v) is 27.8. The Morgan fingerprint density at radius 2 is 1.12 bits per heavy atom. The van der Waals surface area contributed by atoms with Gasteiger partial charge >= 0.3 is 0 Å². The summed E-state index contributed by atoms with van der Waals surface area (Å²) in [5.74, 6) is 1.48. The molecular formula is C44H31N5O. The Morgan fingerprint density at radius 3 is 1.88 bits per heavy atom. The van der Waals surface area contributed by atoms with E-state index in [-0.39, 0.29) is 0 Å². The van der Waals surface area contributed by atoms with Gasteiger partial charge in [-0.15, -0.1) is 0 Å². The van der Waals surface area contributed by atoms with Crippen molar-refractivity contribution in [3.05, 3.63) is 151 Å². The van der Waals surface area contributed by atoms with Gasteiger partial charge in [-0.1, -0.05) is 66.2 Å². The largest absolute Gasteiger partial charge is 0.457 e. The lowest BCUT2D eigenvalue weighted by Gasteiger charge is -2.12. The molecule has 0 unspecified atom stereocenters. The van der Waals surface area contributed by atoms with Crippen molar-refractivity contribution in [2.75, 3.05) is 0 Å². The molecule has 10 aromatic rings. The molecule has 6 nitrogen and oxygen atoms in total. The van der Waals surface area contributed by atoms with Crippen molar-refractivity contribution in [3.63, 3.8) is 0 Å². The first kappa shape index (κ1) is 28.5. The molecule has 50 heavy (non-hydrogen) atoms. The van der Waals surface area contributed by atoms with Crippen molar-refractivity contribution in [2.45, 2.75) is 20.8 Å². The van der Waals surface area contributed by atoms with Crippen LogP contribution in [0.4, 0.5) is 0 Å². The van der Waals surface area contributed by atoms with Gasteiger partial charge < -0.3 is 4.74 Å². The van der Waals surface area contributed by atoms with Crippen molar-refractivity contribution < 1.29 is 4.74 Å². The monoisotopic (exact) mass is 645 g/mol. The Morgan fingerprint density at radius 1 is 0.500 bits per heavy atom. The minimum atomic E-state index is 0.734. The maximum Gasteiger partial charge on any atom is 0.147 e. The average Bonchev–Trinajstić information content (AvgIpc) is 3.78. The molecule has 0 bridgehead atoms. The van der Waals surface area contributed by atoms with Crippen LogP contribution < -0.4 is 4.74 Å². The maximum absolute atomic E-state index is 6.66. The highest BCUT2D eigenvalue weighted by atomic mass is 16.5. The van der Waals surface area contributed by atoms with Crippen LogP contribution in [0.25, 0.3) is 77.3 Å². The number of aryl methyl sites for hydroxylation is 3. The standard InChI is InChI=1S/C44H31N5O/c1-26-20-27(2)41(28(3)21-26)39-25-48-40-14-8-7-12-34(40)32-17-15-30(22-36(32)43(48)47-39)50-31-16-18-33-35-13-9-19-45-42(35)49-24-38(29-10-5-4-6-11-29)46-44(49)37(33)23-31/h4-25H,1-3H3. The molecule has 0 saturated carbocycles. The first-order chi connectivity index (χ1) is 24.5. The van der Waals surface area contributed by atoms with E-state index < -0.39 is 0 Å². The van der Waals surface area contributed by atoms with Gasteiger partial charge in [-0.05, 0) is 97.3 Å². The second-order valence-corrected chi connectivity index (χ2v) is 13.2. The summed E-state index contributed by atoms with van der Waals surface area (Å²) >= 11 is 0. The lowest BCUT2D eigenvalue weighted by atomic mass is 9.98. The van der Waals surface area contributed by atoms with Crippen molar-refractivity contribution in [3.8, 4) is 34.0 Å². The molecule has 0 saturated heterocycles. The molecule has 5 aromatic carbocycles. The molecule has 238 valence electrons. The number of imidazole rings is 2. The summed E-state index contributed by atoms with van der Waals surface area (Å²) in [6.07, 6.45) is 6.08. The Bertz CT molecular complexity index is 2970. The molecule has 10 rings (SSSR count). The summed E-state index contributed by atoms with van der Waals surface area (Å²) in [5, 5.41) is 6.49. The minimum Gasteiger partial charge on any atom is -0.457 e. The lowest BCUT2D eigenvalue weighted by Crippen LogP contribution is -1.94. The fourth-order valence-corrected chi connectivity index (χ4v) is 7.80. The topological polar surface area (TPSA) is 56.7 Å². The molecule has 0 atom stereocenters. The zero-order valence-electron chi connectivity index (χ0n) is 27.8. The number of pyridine rings is 3. The number of para-hydroxylation sites is 1. The predicted molar refractivity (Wildman–Crippen MR) is 203 cm³/mol. The van der Waals surface area contributed by atoms with Crippen LogP contribution in [0.15, 0.2) is 134 Å². The van der Waals surface area contributed by atoms with Gasteiger partial charge in [0, 0.05) is 51.3 Å². The number of hydrogen-bond acceptors (Lipinski definition) is 4. The number of ether oxygens (including phenoxy) is 1.